The molecule has 1 aromatic carbocycles. The van der Waals surface area contributed by atoms with Gasteiger partial charge in [0.2, 0.25) is 5.91 Å². The van der Waals surface area contributed by atoms with Gasteiger partial charge in [0.25, 0.3) is 0 Å². The number of aryl methyl sites for hydroxylation is 1. The number of aromatic nitrogens is 1. The van der Waals surface area contributed by atoms with Crippen LogP contribution in [0, 0.1) is 12.8 Å². The van der Waals surface area contributed by atoms with Gasteiger partial charge < -0.3 is 10.2 Å². The molecule has 1 aliphatic heterocycles. The Hall–Kier alpha value is -1.72. The third kappa shape index (κ3) is 4.89. The van der Waals surface area contributed by atoms with Gasteiger partial charge in [0, 0.05) is 24.0 Å². The maximum Gasteiger partial charge on any atom is 0.228 e. The molecule has 1 amide bonds. The summed E-state index contributed by atoms with van der Waals surface area (Å²) >= 11 is 1.62. The van der Waals surface area contributed by atoms with Crippen LogP contribution in [0.2, 0.25) is 0 Å². The number of thiazole rings is 1. The first-order valence-corrected chi connectivity index (χ1v) is 10.0. The molecule has 2 heterocycles. The smallest absolute Gasteiger partial charge is 0.228 e. The lowest BCUT2D eigenvalue weighted by molar-refractivity contribution is -0.131. The first-order chi connectivity index (χ1) is 12.2. The summed E-state index contributed by atoms with van der Waals surface area (Å²) in [6, 6.07) is 8.35. The topological polar surface area (TPSA) is 45.2 Å². The Kier molecular flexibility index (Phi) is 6.21. The highest BCUT2D eigenvalue weighted by Gasteiger charge is 2.23. The van der Waals surface area contributed by atoms with Crippen molar-refractivity contribution in [3.63, 3.8) is 0 Å². The van der Waals surface area contributed by atoms with Gasteiger partial charge in [0.15, 0.2) is 0 Å². The Bertz CT molecular complexity index is 704. The number of carbonyl (C=O) groups is 1. The molecule has 0 unspecified atom stereocenters. The average Bonchev–Trinajstić information content (AvgIpc) is 3.09. The maximum atomic E-state index is 12.6. The largest absolute Gasteiger partial charge is 0.342 e. The number of likely N-dealkylation sites (tertiary alicyclic amines) is 1. The highest BCUT2D eigenvalue weighted by molar-refractivity contribution is 7.13. The Balaban J connectivity index is 1.54. The fraction of sp³-hybridized carbons (Fsp3) is 0.500. The third-order valence-electron chi connectivity index (χ3n) is 4.80. The van der Waals surface area contributed by atoms with E-state index in [4.69, 9.17) is 0 Å². The summed E-state index contributed by atoms with van der Waals surface area (Å²) in [5.74, 6) is 0.916. The number of rotatable bonds is 6. The monoisotopic (exact) mass is 357 g/mol. The molecule has 4 nitrogen and oxygen atoms in total. The SMILES string of the molecule is CCNCC1CCN(C(=O)Cc2csc(-c3cccc(C)c3)n2)CC1. The summed E-state index contributed by atoms with van der Waals surface area (Å²) in [6.07, 6.45) is 2.62. The van der Waals surface area contributed by atoms with Gasteiger partial charge in [-0.25, -0.2) is 4.98 Å². The number of hydrogen-bond donors (Lipinski definition) is 1. The van der Waals surface area contributed by atoms with Crippen LogP contribution in [0.4, 0.5) is 0 Å². The summed E-state index contributed by atoms with van der Waals surface area (Å²) in [7, 11) is 0. The van der Waals surface area contributed by atoms with Crippen molar-refractivity contribution in [1.29, 1.82) is 0 Å². The molecule has 2 aromatic rings. The molecule has 3 rings (SSSR count). The Morgan fingerprint density at radius 1 is 1.36 bits per heavy atom. The van der Waals surface area contributed by atoms with Crippen LogP contribution in [0.5, 0.6) is 0 Å². The highest BCUT2D eigenvalue weighted by atomic mass is 32.1. The summed E-state index contributed by atoms with van der Waals surface area (Å²) in [6.45, 7) is 8.07. The van der Waals surface area contributed by atoms with Gasteiger partial charge in [-0.3, -0.25) is 4.79 Å². The van der Waals surface area contributed by atoms with Crippen molar-refractivity contribution < 1.29 is 4.79 Å². The zero-order valence-electron chi connectivity index (χ0n) is 15.1. The quantitative estimate of drug-likeness (QED) is 0.860. The normalized spacial score (nSPS) is 15.5. The van der Waals surface area contributed by atoms with Crippen LogP contribution in [-0.4, -0.2) is 42.0 Å². The first-order valence-electron chi connectivity index (χ1n) is 9.15. The van der Waals surface area contributed by atoms with E-state index in [2.05, 4.69) is 48.4 Å². The highest BCUT2D eigenvalue weighted by Crippen LogP contribution is 2.25. The molecule has 1 N–H and O–H groups in total. The second-order valence-corrected chi connectivity index (χ2v) is 7.68. The molecule has 1 fully saturated rings. The molecular formula is C20H27N3OS. The van der Waals surface area contributed by atoms with Gasteiger partial charge in [-0.15, -0.1) is 11.3 Å². The molecule has 25 heavy (non-hydrogen) atoms. The number of amides is 1. The van der Waals surface area contributed by atoms with Crippen molar-refractivity contribution in [1.82, 2.24) is 15.2 Å². The van der Waals surface area contributed by atoms with Crippen LogP contribution in [0.15, 0.2) is 29.6 Å². The van der Waals surface area contributed by atoms with Crippen LogP contribution >= 0.6 is 11.3 Å². The minimum atomic E-state index is 0.211. The van der Waals surface area contributed by atoms with E-state index in [-0.39, 0.29) is 5.91 Å². The minimum Gasteiger partial charge on any atom is -0.342 e. The van der Waals surface area contributed by atoms with E-state index in [0.29, 0.717) is 12.3 Å². The van der Waals surface area contributed by atoms with E-state index in [1.165, 1.54) is 5.56 Å². The minimum absolute atomic E-state index is 0.211. The number of hydrogen-bond acceptors (Lipinski definition) is 4. The molecule has 0 radical (unpaired) electrons. The van der Waals surface area contributed by atoms with Crippen LogP contribution < -0.4 is 5.32 Å². The van der Waals surface area contributed by atoms with Crippen molar-refractivity contribution in [2.24, 2.45) is 5.92 Å². The molecule has 1 saturated heterocycles. The summed E-state index contributed by atoms with van der Waals surface area (Å²) < 4.78 is 0. The van der Waals surface area contributed by atoms with Crippen LogP contribution in [0.25, 0.3) is 10.6 Å². The van der Waals surface area contributed by atoms with Gasteiger partial charge in [0.05, 0.1) is 12.1 Å². The van der Waals surface area contributed by atoms with Crippen molar-refractivity contribution >= 4 is 17.2 Å². The fourth-order valence-corrected chi connectivity index (χ4v) is 4.12. The predicted octanol–water partition coefficient (Wildman–Crippen LogP) is 3.51. The van der Waals surface area contributed by atoms with Crippen molar-refractivity contribution in [2.45, 2.75) is 33.1 Å². The second kappa shape index (κ2) is 8.59. The summed E-state index contributed by atoms with van der Waals surface area (Å²) in [5, 5.41) is 6.43. The second-order valence-electron chi connectivity index (χ2n) is 6.82. The molecule has 0 bridgehead atoms. The van der Waals surface area contributed by atoms with E-state index < -0.39 is 0 Å². The molecule has 0 aliphatic carbocycles. The van der Waals surface area contributed by atoms with Crippen molar-refractivity contribution in [2.75, 3.05) is 26.2 Å². The molecule has 0 spiro atoms. The molecule has 0 saturated carbocycles. The van der Waals surface area contributed by atoms with Gasteiger partial charge in [-0.2, -0.15) is 0 Å². The first kappa shape index (κ1) is 18.1. The van der Waals surface area contributed by atoms with E-state index in [9.17, 15) is 4.79 Å². The third-order valence-corrected chi connectivity index (χ3v) is 5.74. The van der Waals surface area contributed by atoms with Crippen molar-refractivity contribution in [3.05, 3.63) is 40.9 Å². The van der Waals surface area contributed by atoms with E-state index in [1.807, 2.05) is 10.3 Å². The number of benzene rings is 1. The Labute approximate surface area is 154 Å². The number of piperidine rings is 1. The lowest BCUT2D eigenvalue weighted by atomic mass is 9.96. The van der Waals surface area contributed by atoms with Crippen molar-refractivity contribution in [3.8, 4) is 10.6 Å². The van der Waals surface area contributed by atoms with Gasteiger partial charge in [-0.05, 0) is 44.8 Å². The Morgan fingerprint density at radius 2 is 2.16 bits per heavy atom. The standard InChI is InChI=1S/C20H27N3OS/c1-3-21-13-16-7-9-23(10-8-16)19(24)12-18-14-25-20(22-18)17-6-4-5-15(2)11-17/h4-6,11,14,16,21H,3,7-10,12-13H2,1-2H3. The number of nitrogens with one attached hydrogen (secondary N) is 1. The zero-order chi connectivity index (χ0) is 17.6. The van der Waals surface area contributed by atoms with E-state index >= 15 is 0 Å². The lowest BCUT2D eigenvalue weighted by Gasteiger charge is -2.32. The van der Waals surface area contributed by atoms with Crippen LogP contribution in [-0.2, 0) is 11.2 Å². The molecule has 1 aliphatic rings. The van der Waals surface area contributed by atoms with E-state index in [0.717, 1.165) is 55.3 Å². The molecule has 0 atom stereocenters. The van der Waals surface area contributed by atoms with Gasteiger partial charge in [-0.1, -0.05) is 30.7 Å². The Morgan fingerprint density at radius 3 is 2.88 bits per heavy atom. The predicted molar refractivity (Wildman–Crippen MR) is 104 cm³/mol. The van der Waals surface area contributed by atoms with Gasteiger partial charge in [0.1, 0.15) is 5.01 Å². The molecule has 134 valence electrons. The van der Waals surface area contributed by atoms with Crippen LogP contribution in [0.1, 0.15) is 31.0 Å². The molecule has 1 aromatic heterocycles. The summed E-state index contributed by atoms with van der Waals surface area (Å²) in [5.41, 5.74) is 3.25. The molecule has 5 heteroatoms. The maximum absolute atomic E-state index is 12.6. The number of nitrogens with zero attached hydrogens (tertiary/aromatic N) is 2. The van der Waals surface area contributed by atoms with E-state index in [1.54, 1.807) is 11.3 Å². The number of carbonyl (C=O) groups excluding carboxylic acids is 1. The van der Waals surface area contributed by atoms with Gasteiger partial charge >= 0.3 is 0 Å². The summed E-state index contributed by atoms with van der Waals surface area (Å²) in [4.78, 5) is 19.2. The fourth-order valence-electron chi connectivity index (χ4n) is 3.30. The lowest BCUT2D eigenvalue weighted by Crippen LogP contribution is -2.41. The zero-order valence-corrected chi connectivity index (χ0v) is 15.9. The average molecular weight is 358 g/mol. The molecular weight excluding hydrogens is 330 g/mol. The van der Waals surface area contributed by atoms with Crippen LogP contribution in [0.3, 0.4) is 0 Å².